The van der Waals surface area contributed by atoms with Crippen LogP contribution in [0.25, 0.3) is 0 Å². The van der Waals surface area contributed by atoms with E-state index >= 15 is 0 Å². The summed E-state index contributed by atoms with van der Waals surface area (Å²) in [6.45, 7) is 1.12. The quantitative estimate of drug-likeness (QED) is 0.845. The van der Waals surface area contributed by atoms with Crippen molar-refractivity contribution in [3.05, 3.63) is 29.3 Å². The summed E-state index contributed by atoms with van der Waals surface area (Å²) in [5, 5.41) is 8.80. The molecule has 5 heteroatoms. The molecule has 0 spiro atoms. The van der Waals surface area contributed by atoms with Crippen LogP contribution in [0.1, 0.15) is 22.8 Å². The van der Waals surface area contributed by atoms with E-state index in [0.717, 1.165) is 5.56 Å². The number of aryl methyl sites for hydroxylation is 1. The van der Waals surface area contributed by atoms with Gasteiger partial charge in [-0.25, -0.2) is 13.6 Å². The molecule has 1 aromatic carbocycles. The summed E-state index contributed by atoms with van der Waals surface area (Å²) < 4.78 is 28.6. The predicted octanol–water partition coefficient (Wildman–Crippen LogP) is 2.59. The molecular weight excluding hydrogens is 218 g/mol. The Morgan fingerprint density at radius 2 is 2.12 bits per heavy atom. The number of benzene rings is 1. The Hall–Kier alpha value is -1.65. The van der Waals surface area contributed by atoms with Crippen LogP contribution in [0.4, 0.5) is 8.78 Å². The Morgan fingerprint density at radius 1 is 1.44 bits per heavy atom. The summed E-state index contributed by atoms with van der Waals surface area (Å²) >= 11 is 0. The average Bonchev–Trinajstić information content (AvgIpc) is 2.25. The maximum absolute atomic E-state index is 11.9. The van der Waals surface area contributed by atoms with Gasteiger partial charge >= 0.3 is 5.97 Å². The number of halogens is 2. The lowest BCUT2D eigenvalue weighted by molar-refractivity contribution is 0.0695. The predicted molar refractivity (Wildman–Crippen MR) is 54.3 cm³/mol. The molecule has 0 aliphatic carbocycles. The second-order valence-corrected chi connectivity index (χ2v) is 3.23. The van der Waals surface area contributed by atoms with Crippen LogP contribution in [0.5, 0.6) is 5.75 Å². The number of alkyl halides is 2. The lowest BCUT2D eigenvalue weighted by atomic mass is 10.1. The van der Waals surface area contributed by atoms with Gasteiger partial charge in [-0.2, -0.15) is 0 Å². The summed E-state index contributed by atoms with van der Waals surface area (Å²) in [5.74, 6) is -0.936. The number of aromatic carboxylic acids is 1. The molecule has 0 radical (unpaired) electrons. The lowest BCUT2D eigenvalue weighted by Gasteiger charge is -2.08. The number of carboxylic acids is 1. The van der Waals surface area contributed by atoms with Crippen LogP contribution in [0.3, 0.4) is 0 Å². The maximum Gasteiger partial charge on any atom is 0.335 e. The molecule has 0 atom stereocenters. The highest BCUT2D eigenvalue weighted by molar-refractivity contribution is 5.88. The number of ether oxygens (including phenoxy) is 1. The Morgan fingerprint density at radius 3 is 2.62 bits per heavy atom. The van der Waals surface area contributed by atoms with E-state index in [4.69, 9.17) is 9.84 Å². The van der Waals surface area contributed by atoms with E-state index in [9.17, 15) is 13.6 Å². The van der Waals surface area contributed by atoms with Crippen molar-refractivity contribution in [3.8, 4) is 5.75 Å². The first-order valence-electron chi connectivity index (χ1n) is 4.81. The maximum atomic E-state index is 11.9. The van der Waals surface area contributed by atoms with Gasteiger partial charge in [0.25, 0.3) is 6.43 Å². The van der Waals surface area contributed by atoms with Crippen LogP contribution < -0.4 is 4.74 Å². The third-order valence-electron chi connectivity index (χ3n) is 2.00. The van der Waals surface area contributed by atoms with Crippen LogP contribution >= 0.6 is 0 Å². The van der Waals surface area contributed by atoms with Gasteiger partial charge in [0, 0.05) is 0 Å². The zero-order valence-corrected chi connectivity index (χ0v) is 8.74. The normalized spacial score (nSPS) is 10.5. The molecule has 1 aromatic rings. The molecule has 0 aromatic heterocycles. The molecule has 0 unspecified atom stereocenters. The van der Waals surface area contributed by atoms with E-state index in [0.29, 0.717) is 6.42 Å². The fraction of sp³-hybridized carbons (Fsp3) is 0.364. The molecule has 0 fully saturated rings. The fourth-order valence-corrected chi connectivity index (χ4v) is 1.23. The third kappa shape index (κ3) is 3.49. The van der Waals surface area contributed by atoms with Gasteiger partial charge in [-0.15, -0.1) is 0 Å². The molecule has 1 rings (SSSR count). The molecule has 3 nitrogen and oxygen atoms in total. The minimum absolute atomic E-state index is 0.0450. The summed E-state index contributed by atoms with van der Waals surface area (Å²) in [6, 6.07) is 4.30. The summed E-state index contributed by atoms with van der Waals surface area (Å²) in [7, 11) is 0. The van der Waals surface area contributed by atoms with Crippen LogP contribution in [0.15, 0.2) is 18.2 Å². The SMILES string of the molecule is CCc1cc(OCC(F)F)cc(C(=O)O)c1. The molecule has 0 heterocycles. The van der Waals surface area contributed by atoms with Crippen molar-refractivity contribution < 1.29 is 23.4 Å². The Labute approximate surface area is 91.7 Å². The largest absolute Gasteiger partial charge is 0.488 e. The second kappa shape index (κ2) is 5.44. The van der Waals surface area contributed by atoms with Crippen molar-refractivity contribution in [2.45, 2.75) is 19.8 Å². The Kier molecular flexibility index (Phi) is 4.22. The number of carbonyl (C=O) groups is 1. The van der Waals surface area contributed by atoms with Gasteiger partial charge in [0.15, 0.2) is 0 Å². The summed E-state index contributed by atoms with van der Waals surface area (Å²) in [5.41, 5.74) is 0.785. The van der Waals surface area contributed by atoms with Gasteiger partial charge in [0.05, 0.1) is 5.56 Å². The zero-order valence-electron chi connectivity index (χ0n) is 8.74. The Balaban J connectivity index is 2.90. The van der Waals surface area contributed by atoms with E-state index in [2.05, 4.69) is 0 Å². The summed E-state index contributed by atoms with van der Waals surface area (Å²) in [6.07, 6.45) is -1.95. The third-order valence-corrected chi connectivity index (χ3v) is 2.00. The number of carboxylic acid groups (broad SMARTS) is 1. The molecule has 0 amide bonds. The van der Waals surface area contributed by atoms with Gasteiger partial charge in [-0.1, -0.05) is 6.92 Å². The smallest absolute Gasteiger partial charge is 0.335 e. The average molecular weight is 230 g/mol. The van der Waals surface area contributed by atoms with E-state index in [1.54, 1.807) is 6.07 Å². The molecule has 1 N–H and O–H groups in total. The topological polar surface area (TPSA) is 46.5 Å². The number of hydrogen-bond acceptors (Lipinski definition) is 2. The first kappa shape index (κ1) is 12.4. The van der Waals surface area contributed by atoms with E-state index in [1.165, 1.54) is 12.1 Å². The first-order chi connectivity index (χ1) is 7.52. The second-order valence-electron chi connectivity index (χ2n) is 3.23. The summed E-state index contributed by atoms with van der Waals surface area (Å²) in [4.78, 5) is 10.8. The van der Waals surface area contributed by atoms with Crippen LogP contribution in [0.2, 0.25) is 0 Å². The van der Waals surface area contributed by atoms with E-state index in [-0.39, 0.29) is 11.3 Å². The van der Waals surface area contributed by atoms with Crippen molar-refractivity contribution in [2.24, 2.45) is 0 Å². The van der Waals surface area contributed by atoms with E-state index in [1.807, 2.05) is 6.92 Å². The van der Waals surface area contributed by atoms with Crippen molar-refractivity contribution >= 4 is 5.97 Å². The van der Waals surface area contributed by atoms with Crippen LogP contribution in [-0.2, 0) is 6.42 Å². The van der Waals surface area contributed by atoms with E-state index < -0.39 is 19.0 Å². The monoisotopic (exact) mass is 230 g/mol. The van der Waals surface area contributed by atoms with Crippen molar-refractivity contribution in [2.75, 3.05) is 6.61 Å². The minimum Gasteiger partial charge on any atom is -0.488 e. The van der Waals surface area contributed by atoms with Crippen LogP contribution in [-0.4, -0.2) is 24.1 Å². The van der Waals surface area contributed by atoms with Gasteiger partial charge < -0.3 is 9.84 Å². The van der Waals surface area contributed by atoms with Gasteiger partial charge in [-0.05, 0) is 30.2 Å². The highest BCUT2D eigenvalue weighted by Gasteiger charge is 2.09. The van der Waals surface area contributed by atoms with Gasteiger partial charge in [0.1, 0.15) is 12.4 Å². The molecule has 0 bridgehead atoms. The molecule has 88 valence electrons. The lowest BCUT2D eigenvalue weighted by Crippen LogP contribution is -2.08. The Bertz CT molecular complexity index is 377. The molecule has 0 aliphatic heterocycles. The molecule has 0 saturated heterocycles. The standard InChI is InChI=1S/C11H12F2O3/c1-2-7-3-8(11(14)15)5-9(4-7)16-6-10(12)13/h3-5,10H,2,6H2,1H3,(H,14,15). The highest BCUT2D eigenvalue weighted by atomic mass is 19.3. The van der Waals surface area contributed by atoms with Crippen LogP contribution in [0, 0.1) is 0 Å². The molecule has 0 saturated carbocycles. The van der Waals surface area contributed by atoms with Crippen molar-refractivity contribution in [3.63, 3.8) is 0 Å². The molecule has 16 heavy (non-hydrogen) atoms. The van der Waals surface area contributed by atoms with Crippen molar-refractivity contribution in [1.82, 2.24) is 0 Å². The van der Waals surface area contributed by atoms with Gasteiger partial charge in [0.2, 0.25) is 0 Å². The number of hydrogen-bond donors (Lipinski definition) is 1. The molecule has 0 aliphatic rings. The minimum atomic E-state index is -2.57. The zero-order chi connectivity index (χ0) is 12.1. The van der Waals surface area contributed by atoms with Gasteiger partial charge in [-0.3, -0.25) is 0 Å². The van der Waals surface area contributed by atoms with Crippen molar-refractivity contribution in [1.29, 1.82) is 0 Å². The first-order valence-corrected chi connectivity index (χ1v) is 4.81. The molecular formula is C11H12F2O3. The fourth-order valence-electron chi connectivity index (χ4n) is 1.23. The highest BCUT2D eigenvalue weighted by Crippen LogP contribution is 2.18. The number of rotatable bonds is 5.